The number of aliphatic imine (C=N–C) groups is 1. The average molecular weight is 577 g/mol. The molecule has 1 N–H and O–H groups in total. The molecule has 27 heavy (non-hydrogen) atoms. The zero-order valence-electron chi connectivity index (χ0n) is 15.6. The number of rotatable bonds is 6. The summed E-state index contributed by atoms with van der Waals surface area (Å²) in [7, 11) is -1.28. The van der Waals surface area contributed by atoms with Crippen molar-refractivity contribution in [1.29, 1.82) is 0 Å². The Bertz CT molecular complexity index is 740. The first kappa shape index (κ1) is 24.6. The van der Waals surface area contributed by atoms with Crippen LogP contribution in [-0.2, 0) is 16.4 Å². The maximum absolute atomic E-state index is 13.6. The number of halogens is 3. The summed E-state index contributed by atoms with van der Waals surface area (Å²) in [6.07, 6.45) is 0. The first-order valence-electron chi connectivity index (χ1n) is 8.67. The van der Waals surface area contributed by atoms with Gasteiger partial charge in [-0.1, -0.05) is 13.0 Å². The van der Waals surface area contributed by atoms with Gasteiger partial charge in [0.2, 0.25) is 0 Å². The molecule has 0 atom stereocenters. The predicted molar refractivity (Wildman–Crippen MR) is 122 cm³/mol. The van der Waals surface area contributed by atoms with E-state index in [4.69, 9.17) is 0 Å². The van der Waals surface area contributed by atoms with Crippen LogP contribution in [0.25, 0.3) is 0 Å². The Labute approximate surface area is 186 Å². The number of nitrogens with zero attached hydrogens (tertiary/aromatic N) is 3. The number of piperazine rings is 1. The molecule has 0 aromatic heterocycles. The Morgan fingerprint density at radius 3 is 2.52 bits per heavy atom. The minimum Gasteiger partial charge on any atom is -0.355 e. The summed E-state index contributed by atoms with van der Waals surface area (Å²) in [5.74, 6) is 0.749. The normalized spacial score (nSPS) is 16.1. The topological polar surface area (TPSA) is 65.0 Å². The van der Waals surface area contributed by atoms with Gasteiger partial charge in [0, 0.05) is 52.1 Å². The number of hydrogen-bond donors (Lipinski definition) is 1. The van der Waals surface area contributed by atoms with Crippen LogP contribution in [0.3, 0.4) is 0 Å². The number of sulfone groups is 1. The zero-order valence-corrected chi connectivity index (χ0v) is 20.4. The average Bonchev–Trinajstić information content (AvgIpc) is 2.63. The van der Waals surface area contributed by atoms with Crippen molar-refractivity contribution in [2.45, 2.75) is 13.5 Å². The molecule has 0 bridgehead atoms. The fourth-order valence-corrected chi connectivity index (χ4v) is 3.76. The highest BCUT2D eigenvalue weighted by atomic mass is 127. The van der Waals surface area contributed by atoms with Crippen molar-refractivity contribution in [2.75, 3.05) is 51.3 Å². The minimum atomic E-state index is -2.98. The highest BCUT2D eigenvalue weighted by Crippen LogP contribution is 2.18. The summed E-state index contributed by atoms with van der Waals surface area (Å²) < 4.78 is 37.3. The summed E-state index contributed by atoms with van der Waals surface area (Å²) >= 11 is 3.17. The van der Waals surface area contributed by atoms with E-state index in [1.54, 1.807) is 26.1 Å². The van der Waals surface area contributed by atoms with Crippen LogP contribution in [0.5, 0.6) is 0 Å². The molecule has 2 rings (SSSR count). The van der Waals surface area contributed by atoms with Gasteiger partial charge in [0.25, 0.3) is 0 Å². The largest absolute Gasteiger partial charge is 0.355 e. The third-order valence-corrected chi connectivity index (χ3v) is 6.76. The van der Waals surface area contributed by atoms with E-state index in [0.29, 0.717) is 17.6 Å². The molecule has 1 aliphatic heterocycles. The third-order valence-electron chi connectivity index (χ3n) is 4.41. The molecule has 0 unspecified atom stereocenters. The van der Waals surface area contributed by atoms with Gasteiger partial charge in [-0.3, -0.25) is 9.89 Å². The Balaban J connectivity index is 0.00000364. The van der Waals surface area contributed by atoms with Crippen LogP contribution in [0.1, 0.15) is 12.5 Å². The lowest BCUT2D eigenvalue weighted by atomic mass is 10.2. The van der Waals surface area contributed by atoms with E-state index in [0.717, 1.165) is 37.7 Å². The van der Waals surface area contributed by atoms with Gasteiger partial charge in [0.15, 0.2) is 15.8 Å². The lowest BCUT2D eigenvalue weighted by molar-refractivity contribution is 0.172. The summed E-state index contributed by atoms with van der Waals surface area (Å²) in [6.45, 7) is 5.98. The van der Waals surface area contributed by atoms with Crippen LogP contribution in [-0.4, -0.2) is 75.5 Å². The second-order valence-corrected chi connectivity index (χ2v) is 9.55. The fraction of sp³-hybridized carbons (Fsp3) is 0.588. The van der Waals surface area contributed by atoms with E-state index in [1.165, 1.54) is 0 Å². The van der Waals surface area contributed by atoms with Gasteiger partial charge in [-0.25, -0.2) is 12.8 Å². The van der Waals surface area contributed by atoms with E-state index in [2.05, 4.69) is 36.0 Å². The van der Waals surface area contributed by atoms with Crippen molar-refractivity contribution in [2.24, 2.45) is 4.99 Å². The van der Waals surface area contributed by atoms with E-state index < -0.39 is 9.84 Å². The van der Waals surface area contributed by atoms with Crippen molar-refractivity contribution in [3.8, 4) is 0 Å². The number of guanidine groups is 1. The summed E-state index contributed by atoms with van der Waals surface area (Å²) in [5.41, 5.74) is 0.950. The molecule has 1 aliphatic rings. The van der Waals surface area contributed by atoms with E-state index in [-0.39, 0.29) is 41.3 Å². The van der Waals surface area contributed by atoms with Crippen LogP contribution < -0.4 is 5.32 Å². The van der Waals surface area contributed by atoms with E-state index in [9.17, 15) is 12.8 Å². The van der Waals surface area contributed by atoms with Gasteiger partial charge in [-0.2, -0.15) is 0 Å². The molecule has 6 nitrogen and oxygen atoms in total. The van der Waals surface area contributed by atoms with Crippen molar-refractivity contribution < 1.29 is 12.8 Å². The molecule has 0 amide bonds. The van der Waals surface area contributed by atoms with E-state index in [1.807, 2.05) is 6.07 Å². The maximum Gasteiger partial charge on any atom is 0.193 e. The van der Waals surface area contributed by atoms with Crippen molar-refractivity contribution in [1.82, 2.24) is 15.1 Å². The van der Waals surface area contributed by atoms with Crippen LogP contribution in [0.2, 0.25) is 0 Å². The molecule has 0 aliphatic carbocycles. The summed E-state index contributed by atoms with van der Waals surface area (Å²) in [6, 6.07) is 5.22. The van der Waals surface area contributed by atoms with Crippen LogP contribution >= 0.6 is 39.9 Å². The first-order valence-corrected chi connectivity index (χ1v) is 11.3. The second kappa shape index (κ2) is 11.5. The van der Waals surface area contributed by atoms with Gasteiger partial charge in [0.05, 0.1) is 10.2 Å². The van der Waals surface area contributed by atoms with Crippen LogP contribution in [0.15, 0.2) is 27.7 Å². The SMILES string of the molecule is CCS(=O)(=O)CCNC(=NC)N1CCN(Cc2ccc(Br)c(F)c2)CC1.I. The molecule has 0 radical (unpaired) electrons. The van der Waals surface area contributed by atoms with Crippen molar-refractivity contribution >= 4 is 55.7 Å². The molecule has 1 aromatic rings. The van der Waals surface area contributed by atoms with E-state index >= 15 is 0 Å². The fourth-order valence-electron chi connectivity index (χ4n) is 2.81. The third kappa shape index (κ3) is 7.82. The Kier molecular flexibility index (Phi) is 10.5. The smallest absolute Gasteiger partial charge is 0.193 e. The van der Waals surface area contributed by atoms with Crippen molar-refractivity contribution in [3.05, 3.63) is 34.1 Å². The predicted octanol–water partition coefficient (Wildman–Crippen LogP) is 2.33. The molecule has 1 aromatic carbocycles. The van der Waals surface area contributed by atoms with Gasteiger partial charge in [0.1, 0.15) is 5.82 Å². The van der Waals surface area contributed by atoms with Crippen LogP contribution in [0.4, 0.5) is 4.39 Å². The van der Waals surface area contributed by atoms with Crippen LogP contribution in [0, 0.1) is 5.82 Å². The minimum absolute atomic E-state index is 0. The number of benzene rings is 1. The molecular weight excluding hydrogens is 550 g/mol. The lowest BCUT2D eigenvalue weighted by Gasteiger charge is -2.36. The summed E-state index contributed by atoms with van der Waals surface area (Å²) in [4.78, 5) is 8.64. The highest BCUT2D eigenvalue weighted by Gasteiger charge is 2.20. The molecule has 154 valence electrons. The Morgan fingerprint density at radius 1 is 1.30 bits per heavy atom. The Morgan fingerprint density at radius 2 is 1.96 bits per heavy atom. The Hall–Kier alpha value is -0.460. The molecule has 10 heteroatoms. The summed E-state index contributed by atoms with van der Waals surface area (Å²) in [5, 5.41) is 3.13. The molecule has 1 heterocycles. The number of hydrogen-bond acceptors (Lipinski definition) is 4. The highest BCUT2D eigenvalue weighted by molar-refractivity contribution is 14.0. The zero-order chi connectivity index (χ0) is 19.2. The monoisotopic (exact) mass is 576 g/mol. The maximum atomic E-state index is 13.6. The lowest BCUT2D eigenvalue weighted by Crippen LogP contribution is -2.52. The van der Waals surface area contributed by atoms with Gasteiger partial charge >= 0.3 is 0 Å². The second-order valence-electron chi connectivity index (χ2n) is 6.22. The number of nitrogens with one attached hydrogen (secondary N) is 1. The molecule has 1 saturated heterocycles. The van der Waals surface area contributed by atoms with Crippen molar-refractivity contribution in [3.63, 3.8) is 0 Å². The molecular formula is C17H27BrFIN4O2S. The van der Waals surface area contributed by atoms with Gasteiger partial charge in [-0.05, 0) is 33.6 Å². The molecule has 1 fully saturated rings. The molecule has 0 spiro atoms. The molecule has 0 saturated carbocycles. The quantitative estimate of drug-likeness (QED) is 0.320. The van der Waals surface area contributed by atoms with Gasteiger partial charge < -0.3 is 10.2 Å². The standard InChI is InChI=1S/C17H26BrFN4O2S.HI/c1-3-26(24,25)11-6-21-17(20-2)23-9-7-22(8-10-23)13-14-4-5-15(18)16(19)12-14;/h4-5,12H,3,6-11,13H2,1-2H3,(H,20,21);1H. The van der Waals surface area contributed by atoms with Gasteiger partial charge in [-0.15, -0.1) is 24.0 Å². The first-order chi connectivity index (χ1) is 12.3.